The van der Waals surface area contributed by atoms with Crippen molar-refractivity contribution < 1.29 is 9.90 Å². The largest absolute Gasteiger partial charge is 0.479 e. The number of carboxylic acids is 1. The van der Waals surface area contributed by atoms with Gasteiger partial charge in [0.1, 0.15) is 0 Å². The molecule has 6 nitrogen and oxygen atoms in total. The predicted molar refractivity (Wildman–Crippen MR) is 75.2 cm³/mol. The number of hydrogen-bond acceptors (Lipinski definition) is 4. The van der Waals surface area contributed by atoms with E-state index in [1.165, 1.54) is 4.68 Å². The van der Waals surface area contributed by atoms with E-state index in [0.29, 0.717) is 18.7 Å². The summed E-state index contributed by atoms with van der Waals surface area (Å²) in [5, 5.41) is 21.1. The summed E-state index contributed by atoms with van der Waals surface area (Å²) in [4.78, 5) is 11.6. The number of carboxylic acid groups (broad SMARTS) is 1. The number of rotatable bonds is 3. The van der Waals surface area contributed by atoms with Gasteiger partial charge in [0, 0.05) is 10.0 Å². The number of hydrogen-bond donors (Lipinski definition) is 1. The molecule has 1 aromatic heterocycles. The molecule has 1 N–H and O–H groups in total. The van der Waals surface area contributed by atoms with Crippen LogP contribution in [0.4, 0.5) is 0 Å². The molecule has 20 heavy (non-hydrogen) atoms. The summed E-state index contributed by atoms with van der Waals surface area (Å²) in [5.74, 6) is -0.378. The predicted octanol–water partition coefficient (Wildman–Crippen LogP) is 2.37. The van der Waals surface area contributed by atoms with Crippen molar-refractivity contribution in [3.05, 3.63) is 28.2 Å². The molecule has 1 aliphatic rings. The molecule has 0 atom stereocenters. The molecule has 2 aromatic rings. The Morgan fingerprint density at radius 2 is 2.20 bits per heavy atom. The lowest BCUT2D eigenvalue weighted by atomic mass is 9.76. The number of tetrazole rings is 1. The molecular formula is C13H13BrN4O2. The summed E-state index contributed by atoms with van der Waals surface area (Å²) in [5.41, 5.74) is 0.917. The van der Waals surface area contributed by atoms with E-state index in [0.717, 1.165) is 22.0 Å². The Morgan fingerprint density at radius 1 is 1.45 bits per heavy atom. The zero-order chi connectivity index (χ0) is 14.3. The summed E-state index contributed by atoms with van der Waals surface area (Å²) in [6, 6.07) is 5.76. The van der Waals surface area contributed by atoms with E-state index in [2.05, 4.69) is 31.5 Å². The highest BCUT2D eigenvalue weighted by molar-refractivity contribution is 9.10. The molecule has 0 spiro atoms. The third kappa shape index (κ3) is 1.84. The summed E-state index contributed by atoms with van der Waals surface area (Å²) >= 11 is 3.47. The fourth-order valence-electron chi connectivity index (χ4n) is 2.42. The summed E-state index contributed by atoms with van der Waals surface area (Å²) in [6.45, 7) is 1.99. The zero-order valence-electron chi connectivity index (χ0n) is 10.9. The molecule has 0 amide bonds. The topological polar surface area (TPSA) is 80.9 Å². The molecule has 0 aliphatic heterocycles. The van der Waals surface area contributed by atoms with Gasteiger partial charge in [-0.25, -0.2) is 9.48 Å². The maximum Gasteiger partial charge on any atom is 0.331 e. The second-order valence-electron chi connectivity index (χ2n) is 5.07. The first-order valence-electron chi connectivity index (χ1n) is 6.33. The lowest BCUT2D eigenvalue weighted by molar-refractivity contribution is -0.153. The normalized spacial score (nSPS) is 16.7. The Labute approximate surface area is 123 Å². The molecule has 104 valence electrons. The smallest absolute Gasteiger partial charge is 0.331 e. The van der Waals surface area contributed by atoms with Gasteiger partial charge in [-0.3, -0.25) is 0 Å². The molecule has 1 aliphatic carbocycles. The highest BCUT2D eigenvalue weighted by Gasteiger charge is 2.49. The van der Waals surface area contributed by atoms with Gasteiger partial charge in [-0.1, -0.05) is 28.1 Å². The van der Waals surface area contributed by atoms with Crippen molar-refractivity contribution >= 4 is 21.9 Å². The second kappa shape index (κ2) is 4.66. The van der Waals surface area contributed by atoms with Crippen LogP contribution in [0.5, 0.6) is 0 Å². The van der Waals surface area contributed by atoms with Gasteiger partial charge in [0.25, 0.3) is 0 Å². The molecule has 7 heteroatoms. The summed E-state index contributed by atoms with van der Waals surface area (Å²) in [6.07, 6.45) is 2.00. The molecule has 0 radical (unpaired) electrons. The van der Waals surface area contributed by atoms with E-state index in [9.17, 15) is 9.90 Å². The van der Waals surface area contributed by atoms with Gasteiger partial charge in [0.15, 0.2) is 11.4 Å². The molecule has 1 saturated carbocycles. The first-order valence-corrected chi connectivity index (χ1v) is 7.13. The minimum Gasteiger partial charge on any atom is -0.479 e. The molecule has 3 rings (SSSR count). The van der Waals surface area contributed by atoms with Gasteiger partial charge in [-0.2, -0.15) is 0 Å². The molecule has 0 saturated heterocycles. The highest BCUT2D eigenvalue weighted by Crippen LogP contribution is 2.41. The Morgan fingerprint density at radius 3 is 2.75 bits per heavy atom. The van der Waals surface area contributed by atoms with Gasteiger partial charge in [-0.05, 0) is 48.2 Å². The number of benzene rings is 1. The fourth-order valence-corrected chi connectivity index (χ4v) is 2.79. The molecular weight excluding hydrogens is 324 g/mol. The van der Waals surface area contributed by atoms with Crippen LogP contribution >= 0.6 is 15.9 Å². The van der Waals surface area contributed by atoms with Crippen LogP contribution in [0.15, 0.2) is 22.7 Å². The Kier molecular flexibility index (Phi) is 3.08. The average molecular weight is 337 g/mol. The first kappa shape index (κ1) is 13.2. The van der Waals surface area contributed by atoms with Gasteiger partial charge in [0.2, 0.25) is 0 Å². The Balaban J connectivity index is 2.10. The van der Waals surface area contributed by atoms with Gasteiger partial charge in [-0.15, -0.1) is 5.10 Å². The van der Waals surface area contributed by atoms with Crippen molar-refractivity contribution in [3.8, 4) is 11.4 Å². The van der Waals surface area contributed by atoms with E-state index in [1.54, 1.807) is 0 Å². The monoisotopic (exact) mass is 336 g/mol. The van der Waals surface area contributed by atoms with E-state index in [4.69, 9.17) is 0 Å². The van der Waals surface area contributed by atoms with Gasteiger partial charge in [0.05, 0.1) is 0 Å². The minimum atomic E-state index is -0.990. The molecule has 0 bridgehead atoms. The maximum atomic E-state index is 11.6. The van der Waals surface area contributed by atoms with E-state index in [-0.39, 0.29) is 0 Å². The van der Waals surface area contributed by atoms with Crippen LogP contribution < -0.4 is 0 Å². The van der Waals surface area contributed by atoms with Gasteiger partial charge >= 0.3 is 5.97 Å². The van der Waals surface area contributed by atoms with Crippen LogP contribution in [0.1, 0.15) is 24.8 Å². The number of aromatic nitrogens is 4. The van der Waals surface area contributed by atoms with E-state index < -0.39 is 11.5 Å². The Hall–Kier alpha value is -1.76. The van der Waals surface area contributed by atoms with Crippen LogP contribution in [0, 0.1) is 6.92 Å². The minimum absolute atomic E-state index is 0.493. The van der Waals surface area contributed by atoms with E-state index in [1.807, 2.05) is 25.1 Å². The van der Waals surface area contributed by atoms with Crippen LogP contribution in [-0.2, 0) is 10.3 Å². The summed E-state index contributed by atoms with van der Waals surface area (Å²) in [7, 11) is 0. The number of halogens is 1. The lowest BCUT2D eigenvalue weighted by Gasteiger charge is -2.37. The van der Waals surface area contributed by atoms with Crippen molar-refractivity contribution in [3.63, 3.8) is 0 Å². The SMILES string of the molecule is Cc1ccc(-c2nnnn2C2(C(=O)O)CCC2)cc1Br. The summed E-state index contributed by atoms with van der Waals surface area (Å²) < 4.78 is 2.40. The lowest BCUT2D eigenvalue weighted by Crippen LogP contribution is -2.48. The van der Waals surface area contributed by atoms with Crippen LogP contribution in [0.25, 0.3) is 11.4 Å². The van der Waals surface area contributed by atoms with Crippen molar-refractivity contribution in [1.82, 2.24) is 20.2 Å². The van der Waals surface area contributed by atoms with E-state index >= 15 is 0 Å². The zero-order valence-corrected chi connectivity index (χ0v) is 12.5. The number of nitrogens with zero attached hydrogens (tertiary/aromatic N) is 4. The number of carbonyl (C=O) groups is 1. The maximum absolute atomic E-state index is 11.6. The van der Waals surface area contributed by atoms with Crippen LogP contribution in [0.2, 0.25) is 0 Å². The quantitative estimate of drug-likeness (QED) is 0.930. The van der Waals surface area contributed by atoms with Crippen LogP contribution in [-0.4, -0.2) is 31.3 Å². The standard InChI is InChI=1S/C13H13BrN4O2/c1-8-3-4-9(7-10(8)14)11-15-16-17-18(11)13(12(19)20)5-2-6-13/h3-4,7H,2,5-6H2,1H3,(H,19,20). The van der Waals surface area contributed by atoms with Crippen molar-refractivity contribution in [1.29, 1.82) is 0 Å². The molecule has 1 aromatic carbocycles. The number of aryl methyl sites for hydroxylation is 1. The second-order valence-corrected chi connectivity index (χ2v) is 5.92. The van der Waals surface area contributed by atoms with Crippen LogP contribution in [0.3, 0.4) is 0 Å². The Bertz CT molecular complexity index is 679. The fraction of sp³-hybridized carbons (Fsp3) is 0.385. The van der Waals surface area contributed by atoms with Crippen molar-refractivity contribution in [2.75, 3.05) is 0 Å². The first-order chi connectivity index (χ1) is 9.54. The molecule has 1 fully saturated rings. The highest BCUT2D eigenvalue weighted by atomic mass is 79.9. The van der Waals surface area contributed by atoms with Gasteiger partial charge < -0.3 is 5.11 Å². The average Bonchev–Trinajstić information content (AvgIpc) is 2.80. The number of aliphatic carboxylic acids is 1. The van der Waals surface area contributed by atoms with Crippen molar-refractivity contribution in [2.45, 2.75) is 31.7 Å². The third-order valence-corrected chi connectivity index (χ3v) is 4.74. The third-order valence-electron chi connectivity index (χ3n) is 3.88. The molecule has 0 unspecified atom stereocenters. The molecule has 1 heterocycles. The van der Waals surface area contributed by atoms with Crippen molar-refractivity contribution in [2.24, 2.45) is 0 Å².